The molecule has 0 radical (unpaired) electrons. The van der Waals surface area contributed by atoms with E-state index in [1.54, 1.807) is 16.9 Å². The molecule has 2 aliphatic heterocycles. The minimum atomic E-state index is -0.355. The second-order valence-corrected chi connectivity index (χ2v) is 4.75. The van der Waals surface area contributed by atoms with Crippen LogP contribution < -0.4 is 0 Å². The first-order chi connectivity index (χ1) is 8.22. The first kappa shape index (κ1) is 12.4. The standard InChI is InChI=1S/C12H20N2O3/c1-17-10-5-8-14(9-10)12(16)11(15)13-6-3-2-4-7-13/h10H,2-9H2,1H3/t10-/m1/s1. The van der Waals surface area contributed by atoms with Gasteiger partial charge in [-0.15, -0.1) is 0 Å². The predicted octanol–water partition coefficient (Wildman–Crippen LogP) is 0.246. The van der Waals surface area contributed by atoms with Gasteiger partial charge in [0, 0.05) is 33.3 Å². The molecule has 0 unspecified atom stereocenters. The lowest BCUT2D eigenvalue weighted by atomic mass is 10.1. The Hall–Kier alpha value is -1.10. The fourth-order valence-corrected chi connectivity index (χ4v) is 2.47. The van der Waals surface area contributed by atoms with E-state index in [1.807, 2.05) is 0 Å². The zero-order valence-corrected chi connectivity index (χ0v) is 10.4. The van der Waals surface area contributed by atoms with Crippen molar-refractivity contribution in [2.24, 2.45) is 0 Å². The molecule has 2 aliphatic rings. The van der Waals surface area contributed by atoms with E-state index in [0.717, 1.165) is 38.8 Å². The van der Waals surface area contributed by atoms with E-state index in [1.165, 1.54) is 0 Å². The van der Waals surface area contributed by atoms with Crippen molar-refractivity contribution in [3.05, 3.63) is 0 Å². The number of nitrogens with zero attached hydrogens (tertiary/aromatic N) is 2. The highest BCUT2D eigenvalue weighted by atomic mass is 16.5. The SMILES string of the molecule is CO[C@@H]1CCN(C(=O)C(=O)N2CCCCC2)C1. The largest absolute Gasteiger partial charge is 0.380 e. The average molecular weight is 240 g/mol. The summed E-state index contributed by atoms with van der Waals surface area (Å²) >= 11 is 0. The lowest BCUT2D eigenvalue weighted by Gasteiger charge is -2.27. The lowest BCUT2D eigenvalue weighted by molar-refractivity contribution is -0.151. The topological polar surface area (TPSA) is 49.9 Å². The molecule has 0 bridgehead atoms. The molecule has 1 atom stereocenters. The number of ether oxygens (including phenoxy) is 1. The van der Waals surface area contributed by atoms with Gasteiger partial charge in [0.2, 0.25) is 0 Å². The van der Waals surface area contributed by atoms with Crippen molar-refractivity contribution in [2.75, 3.05) is 33.3 Å². The molecule has 2 saturated heterocycles. The monoisotopic (exact) mass is 240 g/mol. The van der Waals surface area contributed by atoms with Gasteiger partial charge in [-0.3, -0.25) is 9.59 Å². The molecule has 0 aliphatic carbocycles. The minimum absolute atomic E-state index is 0.0908. The van der Waals surface area contributed by atoms with Crippen molar-refractivity contribution in [1.82, 2.24) is 9.80 Å². The van der Waals surface area contributed by atoms with E-state index < -0.39 is 0 Å². The molecule has 0 N–H and O–H groups in total. The lowest BCUT2D eigenvalue weighted by Crippen LogP contribution is -2.46. The number of carbonyl (C=O) groups is 2. The Labute approximate surface area is 102 Å². The van der Waals surface area contributed by atoms with Crippen LogP contribution in [-0.2, 0) is 14.3 Å². The molecule has 2 amide bonds. The van der Waals surface area contributed by atoms with E-state index >= 15 is 0 Å². The fourth-order valence-electron chi connectivity index (χ4n) is 2.47. The van der Waals surface area contributed by atoms with Gasteiger partial charge in [0.1, 0.15) is 0 Å². The Balaban J connectivity index is 1.88. The van der Waals surface area contributed by atoms with Crippen LogP contribution in [0, 0.1) is 0 Å². The van der Waals surface area contributed by atoms with Crippen LogP contribution in [0.5, 0.6) is 0 Å². The minimum Gasteiger partial charge on any atom is -0.380 e. The second kappa shape index (κ2) is 5.49. The summed E-state index contributed by atoms with van der Waals surface area (Å²) in [5, 5.41) is 0. The molecule has 2 rings (SSSR count). The van der Waals surface area contributed by atoms with Gasteiger partial charge in [-0.25, -0.2) is 0 Å². The van der Waals surface area contributed by atoms with E-state index in [-0.39, 0.29) is 17.9 Å². The molecule has 17 heavy (non-hydrogen) atoms. The molecule has 5 nitrogen and oxygen atoms in total. The predicted molar refractivity (Wildman–Crippen MR) is 62.4 cm³/mol. The van der Waals surface area contributed by atoms with Gasteiger partial charge in [-0.05, 0) is 25.7 Å². The Morgan fingerprint density at radius 3 is 2.24 bits per heavy atom. The Morgan fingerprint density at radius 1 is 1.00 bits per heavy atom. The van der Waals surface area contributed by atoms with Gasteiger partial charge in [-0.2, -0.15) is 0 Å². The van der Waals surface area contributed by atoms with E-state index in [0.29, 0.717) is 13.1 Å². The van der Waals surface area contributed by atoms with Crippen molar-refractivity contribution >= 4 is 11.8 Å². The van der Waals surface area contributed by atoms with Gasteiger partial charge in [-0.1, -0.05) is 0 Å². The van der Waals surface area contributed by atoms with Crippen molar-refractivity contribution in [2.45, 2.75) is 31.8 Å². The van der Waals surface area contributed by atoms with E-state index in [2.05, 4.69) is 0 Å². The number of amides is 2. The zero-order valence-electron chi connectivity index (χ0n) is 10.4. The molecule has 0 saturated carbocycles. The molecule has 0 aromatic heterocycles. The molecule has 96 valence electrons. The molecule has 2 fully saturated rings. The van der Waals surface area contributed by atoms with Crippen LogP contribution in [0.2, 0.25) is 0 Å². The van der Waals surface area contributed by atoms with Gasteiger partial charge < -0.3 is 14.5 Å². The maximum atomic E-state index is 12.0. The summed E-state index contributed by atoms with van der Waals surface area (Å²) in [4.78, 5) is 27.3. The summed E-state index contributed by atoms with van der Waals surface area (Å²) in [6.45, 7) is 2.64. The van der Waals surface area contributed by atoms with E-state index in [4.69, 9.17) is 4.74 Å². The highest BCUT2D eigenvalue weighted by Gasteiger charge is 2.32. The van der Waals surface area contributed by atoms with Gasteiger partial charge in [0.15, 0.2) is 0 Å². The number of likely N-dealkylation sites (tertiary alicyclic amines) is 2. The summed E-state index contributed by atoms with van der Waals surface area (Å²) in [5.74, 6) is -0.687. The summed E-state index contributed by atoms with van der Waals surface area (Å²) < 4.78 is 5.20. The molecule has 0 aromatic rings. The molecule has 0 spiro atoms. The van der Waals surface area contributed by atoms with Crippen molar-refractivity contribution in [3.63, 3.8) is 0 Å². The fraction of sp³-hybridized carbons (Fsp3) is 0.833. The van der Waals surface area contributed by atoms with Gasteiger partial charge >= 0.3 is 11.8 Å². The third-order valence-electron chi connectivity index (χ3n) is 3.59. The highest BCUT2D eigenvalue weighted by molar-refractivity contribution is 6.35. The maximum absolute atomic E-state index is 12.0. The number of methoxy groups -OCH3 is 1. The normalized spacial score (nSPS) is 25.1. The van der Waals surface area contributed by atoms with Crippen LogP contribution in [0.1, 0.15) is 25.7 Å². The number of carbonyl (C=O) groups excluding carboxylic acids is 2. The van der Waals surface area contributed by atoms with Crippen LogP contribution in [0.15, 0.2) is 0 Å². The summed E-state index contributed by atoms with van der Waals surface area (Å²) in [7, 11) is 1.64. The Kier molecular flexibility index (Phi) is 3.99. The van der Waals surface area contributed by atoms with Crippen LogP contribution in [0.3, 0.4) is 0 Å². The maximum Gasteiger partial charge on any atom is 0.312 e. The average Bonchev–Trinajstić information content (AvgIpc) is 2.87. The smallest absolute Gasteiger partial charge is 0.312 e. The first-order valence-electron chi connectivity index (χ1n) is 6.33. The molecule has 2 heterocycles. The van der Waals surface area contributed by atoms with E-state index in [9.17, 15) is 9.59 Å². The zero-order chi connectivity index (χ0) is 12.3. The molecule has 5 heteroatoms. The number of piperidine rings is 1. The Bertz CT molecular complexity index is 300. The highest BCUT2D eigenvalue weighted by Crippen LogP contribution is 2.14. The van der Waals surface area contributed by atoms with Gasteiger partial charge in [0.05, 0.1) is 6.10 Å². The van der Waals surface area contributed by atoms with Crippen molar-refractivity contribution < 1.29 is 14.3 Å². The van der Waals surface area contributed by atoms with Crippen LogP contribution >= 0.6 is 0 Å². The van der Waals surface area contributed by atoms with Crippen LogP contribution in [0.4, 0.5) is 0 Å². The van der Waals surface area contributed by atoms with Crippen molar-refractivity contribution in [1.29, 1.82) is 0 Å². The number of hydrogen-bond acceptors (Lipinski definition) is 3. The summed E-state index contributed by atoms with van der Waals surface area (Å²) in [5.41, 5.74) is 0. The van der Waals surface area contributed by atoms with Crippen LogP contribution in [0.25, 0.3) is 0 Å². The van der Waals surface area contributed by atoms with Gasteiger partial charge in [0.25, 0.3) is 0 Å². The molecular weight excluding hydrogens is 220 g/mol. The number of rotatable bonds is 1. The summed E-state index contributed by atoms with van der Waals surface area (Å²) in [6, 6.07) is 0. The third kappa shape index (κ3) is 2.77. The quantitative estimate of drug-likeness (QED) is 0.617. The number of hydrogen-bond donors (Lipinski definition) is 0. The Morgan fingerprint density at radius 2 is 1.65 bits per heavy atom. The third-order valence-corrected chi connectivity index (χ3v) is 3.59. The second-order valence-electron chi connectivity index (χ2n) is 4.75. The first-order valence-corrected chi connectivity index (χ1v) is 6.33. The molecule has 0 aromatic carbocycles. The molecular formula is C12H20N2O3. The van der Waals surface area contributed by atoms with Crippen molar-refractivity contribution in [3.8, 4) is 0 Å². The summed E-state index contributed by atoms with van der Waals surface area (Å²) in [6.07, 6.45) is 4.11. The van der Waals surface area contributed by atoms with Crippen LogP contribution in [-0.4, -0.2) is 61.0 Å².